The van der Waals surface area contributed by atoms with Crippen molar-refractivity contribution in [2.24, 2.45) is 14.5 Å². The van der Waals surface area contributed by atoms with Crippen LogP contribution in [0.3, 0.4) is 0 Å². The number of epoxide rings is 2. The standard InChI is InChI=1S/C11H18N6O6S2/c12-14-16-24(18,19)7-11(3-1-9-5-22-9,4-2-10-6-23-10)8-25(20,21)17-15-13/h9-10H,1-8H2. The van der Waals surface area contributed by atoms with Gasteiger partial charge in [-0.25, -0.2) is 16.8 Å². The molecule has 0 aromatic carbocycles. The van der Waals surface area contributed by atoms with Crippen molar-refractivity contribution in [3.63, 3.8) is 0 Å². The molecule has 0 amide bonds. The Morgan fingerprint density at radius 1 is 0.880 bits per heavy atom. The smallest absolute Gasteiger partial charge is 0.236 e. The van der Waals surface area contributed by atoms with Crippen LogP contribution in [0, 0.1) is 5.41 Å². The lowest BCUT2D eigenvalue weighted by Crippen LogP contribution is -2.37. The first-order valence-corrected chi connectivity index (χ1v) is 10.7. The minimum atomic E-state index is -4.20. The van der Waals surface area contributed by atoms with Crippen molar-refractivity contribution >= 4 is 20.0 Å². The Kier molecular flexibility index (Phi) is 6.14. The summed E-state index contributed by atoms with van der Waals surface area (Å²) < 4.78 is 63.9. The van der Waals surface area contributed by atoms with Gasteiger partial charge in [-0.2, -0.15) is 0 Å². The van der Waals surface area contributed by atoms with Gasteiger partial charge >= 0.3 is 0 Å². The summed E-state index contributed by atoms with van der Waals surface area (Å²) >= 11 is 0. The maximum absolute atomic E-state index is 12.0. The SMILES string of the molecule is [N-]=[N+]=NS(=O)(=O)CC(CCC1CO1)(CCC1CO1)CS(=O)(=O)N=[N+]=[N-]. The molecule has 2 aliphatic rings. The van der Waals surface area contributed by atoms with Crippen molar-refractivity contribution in [1.29, 1.82) is 0 Å². The molecule has 2 heterocycles. The Morgan fingerprint density at radius 2 is 1.24 bits per heavy atom. The number of rotatable bonds is 12. The van der Waals surface area contributed by atoms with Crippen molar-refractivity contribution in [1.82, 2.24) is 0 Å². The summed E-state index contributed by atoms with van der Waals surface area (Å²) in [4.78, 5) is 4.59. The molecule has 0 aliphatic carbocycles. The molecule has 0 bridgehead atoms. The first kappa shape index (κ1) is 19.8. The average molecular weight is 394 g/mol. The number of sulfonamides is 2. The van der Waals surface area contributed by atoms with Gasteiger partial charge in [0.1, 0.15) is 0 Å². The number of hydrogen-bond donors (Lipinski definition) is 0. The number of ether oxygens (including phenoxy) is 2. The van der Waals surface area contributed by atoms with Gasteiger partial charge in [-0.1, -0.05) is 0 Å². The molecular formula is C11H18N6O6S2. The molecule has 0 radical (unpaired) electrons. The van der Waals surface area contributed by atoms with Gasteiger partial charge in [-0.05, 0) is 42.2 Å². The number of azide groups is 2. The Morgan fingerprint density at radius 3 is 1.52 bits per heavy atom. The summed E-state index contributed by atoms with van der Waals surface area (Å²) in [6, 6.07) is 0. The molecule has 25 heavy (non-hydrogen) atoms. The second-order valence-corrected chi connectivity index (χ2v) is 9.51. The first-order chi connectivity index (χ1) is 11.7. The number of hydrogen-bond acceptors (Lipinski definition) is 6. The lowest BCUT2D eigenvalue weighted by Gasteiger charge is -2.32. The third-order valence-electron chi connectivity index (χ3n) is 4.10. The summed E-state index contributed by atoms with van der Waals surface area (Å²) in [5.41, 5.74) is 15.6. The highest BCUT2D eigenvalue weighted by molar-refractivity contribution is 7.91. The molecule has 2 unspecified atom stereocenters. The van der Waals surface area contributed by atoms with Crippen LogP contribution in [0.25, 0.3) is 20.9 Å². The number of nitrogens with zero attached hydrogens (tertiary/aromatic N) is 6. The minimum absolute atomic E-state index is 0.0408. The maximum atomic E-state index is 12.0. The van der Waals surface area contributed by atoms with E-state index in [1.54, 1.807) is 0 Å². The summed E-state index contributed by atoms with van der Waals surface area (Å²) in [6.07, 6.45) is 1.27. The molecule has 2 rings (SSSR count). The Hall–Kier alpha value is -1.56. The normalized spacial score (nSPS) is 24.5. The average Bonchev–Trinajstić information content (AvgIpc) is 3.36. The van der Waals surface area contributed by atoms with E-state index in [0.717, 1.165) is 0 Å². The van der Waals surface area contributed by atoms with E-state index in [2.05, 4.69) is 18.9 Å². The molecule has 0 aromatic heterocycles. The van der Waals surface area contributed by atoms with E-state index in [4.69, 9.17) is 20.5 Å². The highest BCUT2D eigenvalue weighted by Gasteiger charge is 2.42. The summed E-state index contributed by atoms with van der Waals surface area (Å²) in [7, 11) is -8.41. The first-order valence-electron chi connectivity index (χ1n) is 7.51. The lowest BCUT2D eigenvalue weighted by atomic mass is 9.81. The molecule has 0 N–H and O–H groups in total. The second-order valence-electron chi connectivity index (χ2n) is 6.28. The fourth-order valence-corrected chi connectivity index (χ4v) is 5.60. The van der Waals surface area contributed by atoms with Crippen LogP contribution in [0.1, 0.15) is 25.7 Å². The lowest BCUT2D eigenvalue weighted by molar-refractivity contribution is 0.261. The molecule has 140 valence electrons. The topological polar surface area (TPSA) is 191 Å². The van der Waals surface area contributed by atoms with Gasteiger partial charge in [-0.15, -0.1) is 0 Å². The highest BCUT2D eigenvalue weighted by atomic mass is 32.2. The molecule has 2 saturated heterocycles. The zero-order valence-electron chi connectivity index (χ0n) is 13.3. The molecule has 12 nitrogen and oxygen atoms in total. The highest BCUT2D eigenvalue weighted by Crippen LogP contribution is 2.38. The Balaban J connectivity index is 2.29. The van der Waals surface area contributed by atoms with Crippen molar-refractivity contribution in [2.75, 3.05) is 24.7 Å². The van der Waals surface area contributed by atoms with E-state index in [1.165, 1.54) is 0 Å². The summed E-state index contributed by atoms with van der Waals surface area (Å²) in [5.74, 6) is -1.30. The molecule has 0 aromatic rings. The van der Waals surface area contributed by atoms with Crippen molar-refractivity contribution in [2.45, 2.75) is 37.9 Å². The van der Waals surface area contributed by atoms with Crippen molar-refractivity contribution in [3.8, 4) is 0 Å². The molecule has 2 aliphatic heterocycles. The molecule has 0 spiro atoms. The van der Waals surface area contributed by atoms with E-state index in [1.807, 2.05) is 0 Å². The predicted octanol–water partition coefficient (Wildman–Crippen LogP) is 1.61. The predicted molar refractivity (Wildman–Crippen MR) is 86.2 cm³/mol. The Labute approximate surface area is 144 Å². The Bertz CT molecular complexity index is 723. The van der Waals surface area contributed by atoms with Crippen LogP contribution in [-0.4, -0.2) is 53.8 Å². The van der Waals surface area contributed by atoms with Gasteiger partial charge in [0.05, 0.1) is 36.9 Å². The molecular weight excluding hydrogens is 376 g/mol. The second kappa shape index (κ2) is 7.77. The van der Waals surface area contributed by atoms with Gasteiger partial charge in [0.25, 0.3) is 0 Å². The molecule has 14 heteroatoms. The van der Waals surface area contributed by atoms with Crippen molar-refractivity contribution in [3.05, 3.63) is 20.9 Å². The monoisotopic (exact) mass is 394 g/mol. The van der Waals surface area contributed by atoms with Crippen LogP contribution < -0.4 is 0 Å². The fraction of sp³-hybridized carbons (Fsp3) is 1.00. The van der Waals surface area contributed by atoms with Crippen LogP contribution in [0.2, 0.25) is 0 Å². The summed E-state index contributed by atoms with van der Waals surface area (Å²) in [5, 5.41) is 0. The third kappa shape index (κ3) is 7.06. The van der Waals surface area contributed by atoms with Crippen molar-refractivity contribution < 1.29 is 26.3 Å². The fourth-order valence-electron chi connectivity index (χ4n) is 2.80. The minimum Gasteiger partial charge on any atom is -0.373 e. The molecule has 2 fully saturated rings. The third-order valence-corrected chi connectivity index (χ3v) is 6.70. The zero-order chi connectivity index (χ0) is 18.6. The van der Waals surface area contributed by atoms with E-state index in [9.17, 15) is 16.8 Å². The largest absolute Gasteiger partial charge is 0.373 e. The van der Waals surface area contributed by atoms with E-state index in [0.29, 0.717) is 26.1 Å². The van der Waals surface area contributed by atoms with Crippen LogP contribution in [0.15, 0.2) is 9.04 Å². The van der Waals surface area contributed by atoms with Crippen LogP contribution in [-0.2, 0) is 29.5 Å². The molecule has 2 atom stereocenters. The van der Waals surface area contributed by atoms with E-state index < -0.39 is 37.0 Å². The summed E-state index contributed by atoms with van der Waals surface area (Å²) in [6.45, 7) is 1.07. The van der Waals surface area contributed by atoms with Gasteiger partial charge in [-0.3, -0.25) is 0 Å². The van der Waals surface area contributed by atoms with Crippen LogP contribution in [0.5, 0.6) is 0 Å². The van der Waals surface area contributed by atoms with E-state index in [-0.39, 0.29) is 25.0 Å². The van der Waals surface area contributed by atoms with Gasteiger partial charge < -0.3 is 9.47 Å². The van der Waals surface area contributed by atoms with Gasteiger partial charge in [0, 0.05) is 18.9 Å². The van der Waals surface area contributed by atoms with E-state index >= 15 is 0 Å². The quantitative estimate of drug-likeness (QED) is 0.209. The maximum Gasteiger partial charge on any atom is 0.236 e. The van der Waals surface area contributed by atoms with Gasteiger partial charge in [0.2, 0.25) is 20.0 Å². The van der Waals surface area contributed by atoms with Crippen LogP contribution >= 0.6 is 0 Å². The van der Waals surface area contributed by atoms with Gasteiger partial charge in [0.15, 0.2) is 0 Å². The zero-order valence-corrected chi connectivity index (χ0v) is 14.9. The van der Waals surface area contributed by atoms with Crippen LogP contribution in [0.4, 0.5) is 0 Å². The molecule has 0 saturated carbocycles.